The zero-order valence-electron chi connectivity index (χ0n) is 9.85. The van der Waals surface area contributed by atoms with E-state index in [1.165, 1.54) is 18.3 Å². The van der Waals surface area contributed by atoms with Crippen molar-refractivity contribution in [2.24, 2.45) is 0 Å². The first kappa shape index (κ1) is 12.7. The Labute approximate surface area is 108 Å². The van der Waals surface area contributed by atoms with Gasteiger partial charge in [-0.25, -0.2) is 9.78 Å². The Morgan fingerprint density at radius 1 is 1.21 bits per heavy atom. The molecule has 0 saturated heterocycles. The molecule has 0 bridgehead atoms. The minimum Gasteiger partial charge on any atom is -0.456 e. The lowest BCUT2D eigenvalue weighted by atomic mass is 10.2. The number of para-hydroxylation sites is 1. The van der Waals surface area contributed by atoms with Crippen LogP contribution in [-0.4, -0.2) is 15.9 Å². The predicted molar refractivity (Wildman–Crippen MR) is 66.5 cm³/mol. The minimum absolute atomic E-state index is 0.0729. The summed E-state index contributed by atoms with van der Waals surface area (Å²) < 4.78 is 5.00. The molecule has 0 saturated carbocycles. The Kier molecular flexibility index (Phi) is 3.82. The number of aromatic nitrogens is 1. The van der Waals surface area contributed by atoms with Gasteiger partial charge < -0.3 is 4.74 Å². The largest absolute Gasteiger partial charge is 0.456 e. The fourth-order valence-corrected chi connectivity index (χ4v) is 1.51. The average Bonchev–Trinajstić information content (AvgIpc) is 2.46. The normalized spacial score (nSPS) is 9.89. The van der Waals surface area contributed by atoms with Crippen LogP contribution < -0.4 is 0 Å². The Morgan fingerprint density at radius 3 is 2.63 bits per heavy atom. The van der Waals surface area contributed by atoms with Crippen LogP contribution in [-0.2, 0) is 11.3 Å². The molecule has 1 heterocycles. The molecule has 19 heavy (non-hydrogen) atoms. The molecule has 0 radical (unpaired) electrons. The highest BCUT2D eigenvalue weighted by molar-refractivity contribution is 5.87. The summed E-state index contributed by atoms with van der Waals surface area (Å²) in [6, 6.07) is 11.0. The van der Waals surface area contributed by atoms with Crippen LogP contribution in [0.5, 0.6) is 0 Å². The molecule has 0 unspecified atom stereocenters. The third-order valence-corrected chi connectivity index (χ3v) is 2.42. The van der Waals surface area contributed by atoms with E-state index in [4.69, 9.17) is 4.74 Å². The lowest BCUT2D eigenvalue weighted by molar-refractivity contribution is -0.385. The number of benzene rings is 1. The number of carbonyl (C=O) groups excluding carboxylic acids is 1. The van der Waals surface area contributed by atoms with Gasteiger partial charge in [-0.15, -0.1) is 0 Å². The Hall–Kier alpha value is -2.76. The van der Waals surface area contributed by atoms with E-state index in [2.05, 4.69) is 4.98 Å². The second kappa shape index (κ2) is 5.72. The van der Waals surface area contributed by atoms with Gasteiger partial charge in [0.15, 0.2) is 0 Å². The highest BCUT2D eigenvalue weighted by atomic mass is 16.6. The molecule has 1 aromatic carbocycles. The van der Waals surface area contributed by atoms with Gasteiger partial charge in [0, 0.05) is 12.3 Å². The molecule has 0 aliphatic carbocycles. The van der Waals surface area contributed by atoms with Gasteiger partial charge in [-0.1, -0.05) is 18.2 Å². The van der Waals surface area contributed by atoms with Crippen molar-refractivity contribution in [2.75, 3.05) is 0 Å². The fraction of sp³-hybridized carbons (Fsp3) is 0.0769. The van der Waals surface area contributed by atoms with E-state index in [-0.39, 0.29) is 18.0 Å². The summed E-state index contributed by atoms with van der Waals surface area (Å²) in [6.07, 6.45) is 1.47. The molecule has 2 aromatic rings. The zero-order chi connectivity index (χ0) is 13.7. The second-order valence-electron chi connectivity index (χ2n) is 3.68. The van der Waals surface area contributed by atoms with Gasteiger partial charge in [0.05, 0.1) is 10.5 Å². The molecule has 0 spiro atoms. The van der Waals surface area contributed by atoms with Crippen LogP contribution in [0.25, 0.3) is 0 Å². The molecule has 0 N–H and O–H groups in total. The van der Waals surface area contributed by atoms with Crippen LogP contribution >= 0.6 is 0 Å². The number of nitro groups is 1. The van der Waals surface area contributed by atoms with Gasteiger partial charge in [0.2, 0.25) is 0 Å². The molecule has 0 aliphatic rings. The van der Waals surface area contributed by atoms with Gasteiger partial charge in [0.1, 0.15) is 12.3 Å². The highest BCUT2D eigenvalue weighted by Crippen LogP contribution is 2.18. The van der Waals surface area contributed by atoms with Crippen molar-refractivity contribution < 1.29 is 14.5 Å². The third-order valence-electron chi connectivity index (χ3n) is 2.42. The summed E-state index contributed by atoms with van der Waals surface area (Å²) in [5, 5.41) is 10.8. The third kappa shape index (κ3) is 3.12. The topological polar surface area (TPSA) is 82.3 Å². The second-order valence-corrected chi connectivity index (χ2v) is 3.68. The molecule has 96 valence electrons. The lowest BCUT2D eigenvalue weighted by Crippen LogP contribution is -2.08. The SMILES string of the molecule is O=C(OCc1ccccc1[N+](=O)[O-])c1ccccn1. The van der Waals surface area contributed by atoms with Crippen molar-refractivity contribution in [1.82, 2.24) is 4.98 Å². The maximum Gasteiger partial charge on any atom is 0.357 e. The van der Waals surface area contributed by atoms with Crippen molar-refractivity contribution in [1.29, 1.82) is 0 Å². The molecule has 0 amide bonds. The molecule has 0 aliphatic heterocycles. The van der Waals surface area contributed by atoms with Crippen LogP contribution in [0.4, 0.5) is 5.69 Å². The van der Waals surface area contributed by atoms with Gasteiger partial charge >= 0.3 is 5.97 Å². The number of hydrogen-bond donors (Lipinski definition) is 0. The van der Waals surface area contributed by atoms with Crippen molar-refractivity contribution in [3.63, 3.8) is 0 Å². The summed E-state index contributed by atoms with van der Waals surface area (Å²) >= 11 is 0. The summed E-state index contributed by atoms with van der Waals surface area (Å²) in [7, 11) is 0. The average molecular weight is 258 g/mol. The van der Waals surface area contributed by atoms with Gasteiger partial charge in [0.25, 0.3) is 5.69 Å². The Balaban J connectivity index is 2.07. The predicted octanol–water partition coefficient (Wildman–Crippen LogP) is 2.35. The Bertz CT molecular complexity index is 599. The standard InChI is InChI=1S/C13H10N2O4/c16-13(11-6-3-4-8-14-11)19-9-10-5-1-2-7-12(10)15(17)18/h1-8H,9H2. The first-order valence-electron chi connectivity index (χ1n) is 5.49. The molecule has 6 nitrogen and oxygen atoms in total. The molecular weight excluding hydrogens is 248 g/mol. The summed E-state index contributed by atoms with van der Waals surface area (Å²) in [6.45, 7) is -0.160. The summed E-state index contributed by atoms with van der Waals surface area (Å²) in [4.78, 5) is 25.8. The maximum absolute atomic E-state index is 11.6. The van der Waals surface area contributed by atoms with E-state index >= 15 is 0 Å². The molecule has 2 rings (SSSR count). The van der Waals surface area contributed by atoms with Crippen LogP contribution in [0, 0.1) is 10.1 Å². The van der Waals surface area contributed by atoms with E-state index in [1.807, 2.05) is 0 Å². The molecule has 1 aromatic heterocycles. The van der Waals surface area contributed by atoms with Gasteiger partial charge in [-0.3, -0.25) is 10.1 Å². The maximum atomic E-state index is 11.6. The van der Waals surface area contributed by atoms with E-state index in [0.717, 1.165) is 0 Å². The number of ether oxygens (including phenoxy) is 1. The number of carbonyl (C=O) groups is 1. The van der Waals surface area contributed by atoms with Crippen LogP contribution in [0.15, 0.2) is 48.7 Å². The van der Waals surface area contributed by atoms with Crippen LogP contribution in [0.3, 0.4) is 0 Å². The molecule has 0 fully saturated rings. The summed E-state index contributed by atoms with van der Waals surface area (Å²) in [5.74, 6) is -0.612. The van der Waals surface area contributed by atoms with Crippen molar-refractivity contribution in [3.05, 3.63) is 70.0 Å². The molecular formula is C13H10N2O4. The van der Waals surface area contributed by atoms with E-state index in [0.29, 0.717) is 5.56 Å². The molecule has 0 atom stereocenters. The quantitative estimate of drug-likeness (QED) is 0.477. The monoisotopic (exact) mass is 258 g/mol. The van der Waals surface area contributed by atoms with Crippen LogP contribution in [0.2, 0.25) is 0 Å². The highest BCUT2D eigenvalue weighted by Gasteiger charge is 2.15. The van der Waals surface area contributed by atoms with Crippen molar-refractivity contribution >= 4 is 11.7 Å². The number of nitro benzene ring substituents is 1. The van der Waals surface area contributed by atoms with Crippen LogP contribution in [0.1, 0.15) is 16.1 Å². The Morgan fingerprint density at radius 2 is 1.95 bits per heavy atom. The van der Waals surface area contributed by atoms with Crippen molar-refractivity contribution in [2.45, 2.75) is 6.61 Å². The first-order valence-corrected chi connectivity index (χ1v) is 5.49. The van der Waals surface area contributed by atoms with E-state index in [1.54, 1.807) is 30.3 Å². The summed E-state index contributed by atoms with van der Waals surface area (Å²) in [5.41, 5.74) is 0.439. The number of rotatable bonds is 4. The lowest BCUT2D eigenvalue weighted by Gasteiger charge is -2.04. The van der Waals surface area contributed by atoms with E-state index in [9.17, 15) is 14.9 Å². The first-order chi connectivity index (χ1) is 9.18. The fourth-order valence-electron chi connectivity index (χ4n) is 1.51. The number of pyridine rings is 1. The van der Waals surface area contributed by atoms with Crippen molar-refractivity contribution in [3.8, 4) is 0 Å². The minimum atomic E-state index is -0.612. The van der Waals surface area contributed by atoms with Gasteiger partial charge in [-0.05, 0) is 18.2 Å². The number of nitrogens with zero attached hydrogens (tertiary/aromatic N) is 2. The zero-order valence-corrected chi connectivity index (χ0v) is 9.85. The number of esters is 1. The smallest absolute Gasteiger partial charge is 0.357 e. The van der Waals surface area contributed by atoms with Gasteiger partial charge in [-0.2, -0.15) is 0 Å². The van der Waals surface area contributed by atoms with E-state index < -0.39 is 10.9 Å². The molecule has 6 heteroatoms. The number of hydrogen-bond acceptors (Lipinski definition) is 5.